The van der Waals surface area contributed by atoms with Gasteiger partial charge in [-0.3, -0.25) is 4.79 Å². The summed E-state index contributed by atoms with van der Waals surface area (Å²) in [6.07, 6.45) is 3.79. The number of nitrogens with one attached hydrogen (secondary N) is 2. The third-order valence-corrected chi connectivity index (χ3v) is 2.92. The summed E-state index contributed by atoms with van der Waals surface area (Å²) in [5.41, 5.74) is 0.0185. The lowest BCUT2D eigenvalue weighted by molar-refractivity contribution is -0.117. The maximum atomic E-state index is 11.7. The molecule has 1 rings (SSSR count). The maximum absolute atomic E-state index is 11.7. The number of pyridine rings is 1. The van der Waals surface area contributed by atoms with Crippen molar-refractivity contribution in [1.82, 2.24) is 10.3 Å². The highest BCUT2D eigenvalue weighted by Gasteiger charge is 2.10. The second-order valence-corrected chi connectivity index (χ2v) is 4.87. The van der Waals surface area contributed by atoms with Gasteiger partial charge < -0.3 is 10.6 Å². The number of carbonyl (C=O) groups excluding carboxylic acids is 1. The maximum Gasteiger partial charge on any atom is 0.263 e. The van der Waals surface area contributed by atoms with E-state index in [1.54, 1.807) is 12.3 Å². The Morgan fingerprint density at radius 1 is 1.63 bits per heavy atom. The fraction of sp³-hybridized carbons (Fsp3) is 0.308. The summed E-state index contributed by atoms with van der Waals surface area (Å²) in [7, 11) is 0. The van der Waals surface area contributed by atoms with Crippen LogP contribution in [0.15, 0.2) is 34.6 Å². The molecule has 1 heterocycles. The molecule has 6 heteroatoms. The van der Waals surface area contributed by atoms with E-state index in [-0.39, 0.29) is 17.5 Å². The van der Waals surface area contributed by atoms with Crippen LogP contribution in [0, 0.1) is 11.3 Å². The van der Waals surface area contributed by atoms with E-state index in [1.807, 2.05) is 26.0 Å². The number of aromatic nitrogens is 1. The van der Waals surface area contributed by atoms with Crippen molar-refractivity contribution in [3.63, 3.8) is 0 Å². The average Bonchev–Trinajstić information content (AvgIpc) is 2.41. The molecule has 1 atom stereocenters. The predicted molar refractivity (Wildman–Crippen MR) is 77.2 cm³/mol. The Morgan fingerprint density at radius 2 is 2.37 bits per heavy atom. The Hall–Kier alpha value is -1.87. The van der Waals surface area contributed by atoms with E-state index in [9.17, 15) is 4.79 Å². The molecule has 19 heavy (non-hydrogen) atoms. The van der Waals surface area contributed by atoms with Crippen LogP contribution in [-0.4, -0.2) is 16.9 Å². The first-order chi connectivity index (χ1) is 9.06. The SMILES string of the molecule is CCC(C)NC(=O)/C(C#N)=C\Nc1ccc(Br)cn1. The summed E-state index contributed by atoms with van der Waals surface area (Å²) >= 11 is 3.28. The van der Waals surface area contributed by atoms with Crippen molar-refractivity contribution in [3.05, 3.63) is 34.6 Å². The van der Waals surface area contributed by atoms with Gasteiger partial charge in [0, 0.05) is 22.9 Å². The van der Waals surface area contributed by atoms with Crippen LogP contribution in [-0.2, 0) is 4.79 Å². The van der Waals surface area contributed by atoms with Crippen LogP contribution in [0.5, 0.6) is 0 Å². The molecular formula is C13H15BrN4O. The largest absolute Gasteiger partial charge is 0.349 e. The Kier molecular flexibility index (Phi) is 6.03. The summed E-state index contributed by atoms with van der Waals surface area (Å²) in [5, 5.41) is 14.5. The van der Waals surface area contributed by atoms with Gasteiger partial charge in [0.25, 0.3) is 5.91 Å². The van der Waals surface area contributed by atoms with Gasteiger partial charge in [-0.2, -0.15) is 5.26 Å². The molecule has 1 aromatic heterocycles. The molecule has 1 unspecified atom stereocenters. The van der Waals surface area contributed by atoms with Gasteiger partial charge in [-0.25, -0.2) is 4.98 Å². The number of hydrogen-bond donors (Lipinski definition) is 2. The van der Waals surface area contributed by atoms with Gasteiger partial charge >= 0.3 is 0 Å². The fourth-order valence-corrected chi connectivity index (χ4v) is 1.39. The lowest BCUT2D eigenvalue weighted by Crippen LogP contribution is -2.33. The molecule has 0 aromatic carbocycles. The van der Waals surface area contributed by atoms with Crippen molar-refractivity contribution in [2.24, 2.45) is 0 Å². The lowest BCUT2D eigenvalue weighted by Gasteiger charge is -2.10. The Bertz CT molecular complexity index is 504. The summed E-state index contributed by atoms with van der Waals surface area (Å²) in [4.78, 5) is 15.8. The van der Waals surface area contributed by atoms with Crippen LogP contribution in [0.2, 0.25) is 0 Å². The van der Waals surface area contributed by atoms with E-state index < -0.39 is 0 Å². The minimum Gasteiger partial charge on any atom is -0.349 e. The third-order valence-electron chi connectivity index (χ3n) is 2.45. The number of nitriles is 1. The van der Waals surface area contributed by atoms with Gasteiger partial charge in [0.1, 0.15) is 17.5 Å². The number of carbonyl (C=O) groups is 1. The molecule has 0 saturated heterocycles. The number of hydrogen-bond acceptors (Lipinski definition) is 4. The average molecular weight is 323 g/mol. The zero-order valence-electron chi connectivity index (χ0n) is 10.8. The van der Waals surface area contributed by atoms with Crippen molar-refractivity contribution in [2.45, 2.75) is 26.3 Å². The van der Waals surface area contributed by atoms with E-state index in [2.05, 4.69) is 31.5 Å². The second-order valence-electron chi connectivity index (χ2n) is 3.96. The lowest BCUT2D eigenvalue weighted by atomic mass is 10.2. The van der Waals surface area contributed by atoms with Crippen LogP contribution < -0.4 is 10.6 Å². The van der Waals surface area contributed by atoms with Gasteiger partial charge in [0.05, 0.1) is 0 Å². The predicted octanol–water partition coefficient (Wildman–Crippen LogP) is 2.58. The highest BCUT2D eigenvalue weighted by molar-refractivity contribution is 9.10. The number of amides is 1. The molecule has 0 aliphatic rings. The first-order valence-corrected chi connectivity index (χ1v) is 6.65. The Morgan fingerprint density at radius 3 is 2.89 bits per heavy atom. The monoisotopic (exact) mass is 322 g/mol. The van der Waals surface area contributed by atoms with Crippen molar-refractivity contribution < 1.29 is 4.79 Å². The van der Waals surface area contributed by atoms with E-state index in [4.69, 9.17) is 5.26 Å². The molecule has 0 fully saturated rings. The first kappa shape index (κ1) is 15.2. The van der Waals surface area contributed by atoms with Gasteiger partial charge in [-0.15, -0.1) is 0 Å². The zero-order valence-corrected chi connectivity index (χ0v) is 12.4. The van der Waals surface area contributed by atoms with E-state index in [0.29, 0.717) is 5.82 Å². The van der Waals surface area contributed by atoms with Crippen LogP contribution in [0.3, 0.4) is 0 Å². The molecule has 2 N–H and O–H groups in total. The smallest absolute Gasteiger partial charge is 0.263 e. The summed E-state index contributed by atoms with van der Waals surface area (Å²) in [5.74, 6) is 0.175. The minimum absolute atomic E-state index is 0.0185. The third kappa shape index (κ3) is 5.10. The number of anilines is 1. The molecule has 0 saturated carbocycles. The zero-order chi connectivity index (χ0) is 14.3. The minimum atomic E-state index is -0.388. The van der Waals surface area contributed by atoms with Crippen LogP contribution >= 0.6 is 15.9 Å². The molecule has 5 nitrogen and oxygen atoms in total. The second kappa shape index (κ2) is 7.54. The van der Waals surface area contributed by atoms with Crippen LogP contribution in [0.1, 0.15) is 20.3 Å². The van der Waals surface area contributed by atoms with Crippen LogP contribution in [0.4, 0.5) is 5.82 Å². The molecule has 0 aliphatic carbocycles. The van der Waals surface area contributed by atoms with Gasteiger partial charge in [0.15, 0.2) is 0 Å². The van der Waals surface area contributed by atoms with Crippen molar-refractivity contribution >= 4 is 27.7 Å². The van der Waals surface area contributed by atoms with E-state index >= 15 is 0 Å². The van der Waals surface area contributed by atoms with Crippen molar-refractivity contribution in [2.75, 3.05) is 5.32 Å². The summed E-state index contributed by atoms with van der Waals surface area (Å²) in [6.45, 7) is 3.85. The van der Waals surface area contributed by atoms with Gasteiger partial charge in [-0.05, 0) is 41.4 Å². The summed E-state index contributed by atoms with van der Waals surface area (Å²) < 4.78 is 0.858. The van der Waals surface area contributed by atoms with Gasteiger partial charge in [-0.1, -0.05) is 6.92 Å². The Labute approximate surface area is 120 Å². The number of nitrogens with zero attached hydrogens (tertiary/aromatic N) is 2. The molecule has 1 amide bonds. The highest BCUT2D eigenvalue weighted by atomic mass is 79.9. The summed E-state index contributed by atoms with van der Waals surface area (Å²) in [6, 6.07) is 5.45. The molecular weight excluding hydrogens is 308 g/mol. The van der Waals surface area contributed by atoms with E-state index in [0.717, 1.165) is 10.9 Å². The highest BCUT2D eigenvalue weighted by Crippen LogP contribution is 2.10. The molecule has 0 bridgehead atoms. The molecule has 0 radical (unpaired) electrons. The van der Waals surface area contributed by atoms with Gasteiger partial charge in [0.2, 0.25) is 0 Å². The topological polar surface area (TPSA) is 77.8 Å². The van der Waals surface area contributed by atoms with Crippen LogP contribution in [0.25, 0.3) is 0 Å². The van der Waals surface area contributed by atoms with Crippen molar-refractivity contribution in [1.29, 1.82) is 5.26 Å². The first-order valence-electron chi connectivity index (χ1n) is 5.86. The normalized spacial score (nSPS) is 12.4. The number of halogens is 1. The number of rotatable bonds is 5. The Balaban J connectivity index is 2.69. The molecule has 0 aliphatic heterocycles. The molecule has 1 aromatic rings. The molecule has 0 spiro atoms. The van der Waals surface area contributed by atoms with E-state index in [1.165, 1.54) is 6.20 Å². The van der Waals surface area contributed by atoms with Crippen molar-refractivity contribution in [3.8, 4) is 6.07 Å². The quantitative estimate of drug-likeness (QED) is 0.645. The standard InChI is InChI=1S/C13H15BrN4O/c1-3-9(2)18-13(19)10(6-15)7-16-12-5-4-11(14)8-17-12/h4-5,7-9H,3H2,1-2H3,(H,16,17)(H,18,19)/b10-7-. The molecule has 100 valence electrons. The fourth-order valence-electron chi connectivity index (χ4n) is 1.16.